The molecule has 1 aliphatic rings. The molecule has 68 valence electrons. The van der Waals surface area contributed by atoms with Crippen LogP contribution in [-0.2, 0) is 4.79 Å². The first-order valence-corrected chi connectivity index (χ1v) is 5.46. The van der Waals surface area contributed by atoms with Crippen molar-refractivity contribution >= 4 is 17.7 Å². The van der Waals surface area contributed by atoms with Crippen LogP contribution in [0.25, 0.3) is 0 Å². The van der Waals surface area contributed by atoms with Gasteiger partial charge in [0.05, 0.1) is 5.75 Å². The predicted molar refractivity (Wildman–Crippen MR) is 53.3 cm³/mol. The third-order valence-electron chi connectivity index (χ3n) is 1.92. The highest BCUT2D eigenvalue weighted by molar-refractivity contribution is 8.00. The molecule has 1 aliphatic heterocycles. The van der Waals surface area contributed by atoms with Gasteiger partial charge in [0.15, 0.2) is 0 Å². The van der Waals surface area contributed by atoms with Crippen molar-refractivity contribution < 1.29 is 4.79 Å². The maximum atomic E-state index is 11.4. The molecule has 1 saturated heterocycles. The van der Waals surface area contributed by atoms with Crippen molar-refractivity contribution in [3.05, 3.63) is 12.7 Å². The predicted octanol–water partition coefficient (Wildman–Crippen LogP) is 1.53. The maximum absolute atomic E-state index is 11.4. The summed E-state index contributed by atoms with van der Waals surface area (Å²) < 4.78 is 0. The molecule has 1 rings (SSSR count). The van der Waals surface area contributed by atoms with Crippen LogP contribution < -0.4 is 0 Å². The Morgan fingerprint density at radius 1 is 1.50 bits per heavy atom. The van der Waals surface area contributed by atoms with E-state index in [1.54, 1.807) is 11.8 Å². The minimum atomic E-state index is 0.291. The van der Waals surface area contributed by atoms with E-state index in [9.17, 15) is 4.79 Å². The Labute approximate surface area is 78.0 Å². The highest BCUT2D eigenvalue weighted by atomic mass is 32.2. The van der Waals surface area contributed by atoms with Gasteiger partial charge in [0.1, 0.15) is 0 Å². The molecule has 0 aromatic heterocycles. The standard InChI is InChI=1S/C9H15NOS/c1-2-7-12-8-9(11)10-5-3-4-6-10/h2H,1,3-8H2. The normalized spacial score (nSPS) is 16.5. The largest absolute Gasteiger partial charge is 0.342 e. The number of carbonyl (C=O) groups excluding carboxylic acids is 1. The zero-order valence-electron chi connectivity index (χ0n) is 7.29. The maximum Gasteiger partial charge on any atom is 0.232 e. The molecule has 0 atom stereocenters. The van der Waals surface area contributed by atoms with Crippen LogP contribution in [0.1, 0.15) is 12.8 Å². The first-order chi connectivity index (χ1) is 5.84. The second-order valence-electron chi connectivity index (χ2n) is 2.89. The molecule has 1 heterocycles. The van der Waals surface area contributed by atoms with Gasteiger partial charge in [-0.15, -0.1) is 18.3 Å². The Hall–Kier alpha value is -0.440. The Kier molecular flexibility index (Phi) is 4.22. The second kappa shape index (κ2) is 5.25. The van der Waals surface area contributed by atoms with E-state index in [-0.39, 0.29) is 0 Å². The van der Waals surface area contributed by atoms with Gasteiger partial charge in [-0.05, 0) is 12.8 Å². The van der Waals surface area contributed by atoms with Gasteiger partial charge >= 0.3 is 0 Å². The molecule has 1 fully saturated rings. The lowest BCUT2D eigenvalue weighted by Gasteiger charge is -2.13. The van der Waals surface area contributed by atoms with E-state index in [1.807, 2.05) is 11.0 Å². The third-order valence-corrected chi connectivity index (χ3v) is 2.84. The van der Waals surface area contributed by atoms with E-state index in [4.69, 9.17) is 0 Å². The van der Waals surface area contributed by atoms with Crippen molar-refractivity contribution in [2.75, 3.05) is 24.6 Å². The molecule has 0 N–H and O–H groups in total. The molecule has 12 heavy (non-hydrogen) atoms. The number of likely N-dealkylation sites (tertiary alicyclic amines) is 1. The summed E-state index contributed by atoms with van der Waals surface area (Å²) >= 11 is 1.64. The number of rotatable bonds is 4. The van der Waals surface area contributed by atoms with Gasteiger partial charge in [-0.25, -0.2) is 0 Å². The van der Waals surface area contributed by atoms with E-state index in [0.717, 1.165) is 18.8 Å². The number of nitrogens with zero attached hydrogens (tertiary/aromatic N) is 1. The van der Waals surface area contributed by atoms with Crippen molar-refractivity contribution in [3.8, 4) is 0 Å². The van der Waals surface area contributed by atoms with E-state index >= 15 is 0 Å². The molecule has 0 aromatic carbocycles. The lowest BCUT2D eigenvalue weighted by molar-refractivity contribution is -0.127. The number of hydrogen-bond acceptors (Lipinski definition) is 2. The van der Waals surface area contributed by atoms with Gasteiger partial charge in [-0.1, -0.05) is 6.08 Å². The molecule has 0 aromatic rings. The quantitative estimate of drug-likeness (QED) is 0.489. The van der Waals surface area contributed by atoms with Crippen molar-refractivity contribution in [1.29, 1.82) is 0 Å². The van der Waals surface area contributed by atoms with Crippen LogP contribution in [-0.4, -0.2) is 35.4 Å². The highest BCUT2D eigenvalue weighted by Crippen LogP contribution is 2.10. The molecular formula is C9H15NOS. The first-order valence-electron chi connectivity index (χ1n) is 4.31. The molecule has 1 amide bonds. The summed E-state index contributed by atoms with van der Waals surface area (Å²) in [7, 11) is 0. The van der Waals surface area contributed by atoms with Crippen molar-refractivity contribution in [2.24, 2.45) is 0 Å². The van der Waals surface area contributed by atoms with E-state index < -0.39 is 0 Å². The molecule has 0 bridgehead atoms. The molecular weight excluding hydrogens is 170 g/mol. The van der Waals surface area contributed by atoms with Gasteiger partial charge in [0.25, 0.3) is 0 Å². The zero-order valence-corrected chi connectivity index (χ0v) is 8.11. The molecule has 2 nitrogen and oxygen atoms in total. The van der Waals surface area contributed by atoms with Crippen molar-refractivity contribution in [1.82, 2.24) is 4.90 Å². The van der Waals surface area contributed by atoms with Gasteiger partial charge in [-0.3, -0.25) is 4.79 Å². The van der Waals surface area contributed by atoms with Crippen LogP contribution in [0.3, 0.4) is 0 Å². The Morgan fingerprint density at radius 2 is 2.17 bits per heavy atom. The summed E-state index contributed by atoms with van der Waals surface area (Å²) in [5.74, 6) is 1.78. The monoisotopic (exact) mass is 185 g/mol. The fraction of sp³-hybridized carbons (Fsp3) is 0.667. The fourth-order valence-electron chi connectivity index (χ4n) is 1.29. The Bertz CT molecular complexity index is 164. The van der Waals surface area contributed by atoms with Crippen LogP contribution in [0, 0.1) is 0 Å². The van der Waals surface area contributed by atoms with Crippen LogP contribution >= 0.6 is 11.8 Å². The summed E-state index contributed by atoms with van der Waals surface area (Å²) in [6.45, 7) is 5.54. The highest BCUT2D eigenvalue weighted by Gasteiger charge is 2.16. The Morgan fingerprint density at radius 3 is 2.75 bits per heavy atom. The fourth-order valence-corrected chi connectivity index (χ4v) is 1.93. The summed E-state index contributed by atoms with van der Waals surface area (Å²) in [4.78, 5) is 13.3. The van der Waals surface area contributed by atoms with Crippen LogP contribution in [0.2, 0.25) is 0 Å². The number of thioether (sulfide) groups is 1. The van der Waals surface area contributed by atoms with Gasteiger partial charge < -0.3 is 4.90 Å². The summed E-state index contributed by atoms with van der Waals surface area (Å²) in [5, 5.41) is 0. The molecule has 0 radical (unpaired) electrons. The van der Waals surface area contributed by atoms with Crippen LogP contribution in [0.15, 0.2) is 12.7 Å². The van der Waals surface area contributed by atoms with Crippen molar-refractivity contribution in [2.45, 2.75) is 12.8 Å². The van der Waals surface area contributed by atoms with Gasteiger partial charge in [-0.2, -0.15) is 0 Å². The van der Waals surface area contributed by atoms with E-state index in [2.05, 4.69) is 6.58 Å². The van der Waals surface area contributed by atoms with E-state index in [0.29, 0.717) is 11.7 Å². The molecule has 0 spiro atoms. The number of hydrogen-bond donors (Lipinski definition) is 0. The smallest absolute Gasteiger partial charge is 0.232 e. The minimum absolute atomic E-state index is 0.291. The zero-order chi connectivity index (χ0) is 8.81. The molecule has 3 heteroatoms. The average Bonchev–Trinajstić information content (AvgIpc) is 2.56. The van der Waals surface area contributed by atoms with Gasteiger partial charge in [0, 0.05) is 18.8 Å². The first kappa shape index (κ1) is 9.65. The second-order valence-corrected chi connectivity index (χ2v) is 3.92. The third kappa shape index (κ3) is 2.89. The molecule has 0 aliphatic carbocycles. The molecule has 0 unspecified atom stereocenters. The van der Waals surface area contributed by atoms with Crippen LogP contribution in [0.5, 0.6) is 0 Å². The SMILES string of the molecule is C=CCSCC(=O)N1CCCC1. The molecule has 0 saturated carbocycles. The van der Waals surface area contributed by atoms with E-state index in [1.165, 1.54) is 12.8 Å². The topological polar surface area (TPSA) is 20.3 Å². The van der Waals surface area contributed by atoms with Crippen LogP contribution in [0.4, 0.5) is 0 Å². The number of amides is 1. The summed E-state index contributed by atoms with van der Waals surface area (Å²) in [6.07, 6.45) is 4.19. The summed E-state index contributed by atoms with van der Waals surface area (Å²) in [5.41, 5.74) is 0. The van der Waals surface area contributed by atoms with Gasteiger partial charge in [0.2, 0.25) is 5.91 Å². The lowest BCUT2D eigenvalue weighted by atomic mass is 10.4. The summed E-state index contributed by atoms with van der Waals surface area (Å²) in [6, 6.07) is 0. The average molecular weight is 185 g/mol. The number of carbonyl (C=O) groups is 1. The Balaban J connectivity index is 2.14. The van der Waals surface area contributed by atoms with Crippen molar-refractivity contribution in [3.63, 3.8) is 0 Å². The lowest BCUT2D eigenvalue weighted by Crippen LogP contribution is -2.29. The minimum Gasteiger partial charge on any atom is -0.342 e.